The predicted molar refractivity (Wildman–Crippen MR) is 95.4 cm³/mol. The van der Waals surface area contributed by atoms with Crippen LogP contribution in [-0.4, -0.2) is 24.0 Å². The third-order valence-corrected chi connectivity index (χ3v) is 4.40. The van der Waals surface area contributed by atoms with Crippen LogP contribution in [0, 0.1) is 11.8 Å². The van der Waals surface area contributed by atoms with Gasteiger partial charge in [0.05, 0.1) is 0 Å². The van der Waals surface area contributed by atoms with E-state index in [-0.39, 0.29) is 6.03 Å². The Balaban J connectivity index is 1.65. The molecule has 1 fully saturated rings. The minimum atomic E-state index is 0.0101. The molecule has 2 aromatic carbocycles. The number of benzene rings is 2. The van der Waals surface area contributed by atoms with Crippen LogP contribution in [0.25, 0.3) is 11.1 Å². The topological polar surface area (TPSA) is 32.3 Å². The van der Waals surface area contributed by atoms with Crippen LogP contribution in [0.15, 0.2) is 54.6 Å². The van der Waals surface area contributed by atoms with Gasteiger partial charge in [-0.2, -0.15) is 0 Å². The fraction of sp³-hybridized carbons (Fsp3) is 0.350. The van der Waals surface area contributed by atoms with Gasteiger partial charge in [0, 0.05) is 18.8 Å². The van der Waals surface area contributed by atoms with E-state index in [1.165, 1.54) is 12.0 Å². The second-order valence-electron chi connectivity index (χ2n) is 6.72. The van der Waals surface area contributed by atoms with E-state index in [1.54, 1.807) is 0 Å². The van der Waals surface area contributed by atoms with Crippen molar-refractivity contribution in [1.29, 1.82) is 0 Å². The van der Waals surface area contributed by atoms with Gasteiger partial charge in [0.1, 0.15) is 0 Å². The highest BCUT2D eigenvalue weighted by atomic mass is 16.2. The van der Waals surface area contributed by atoms with Gasteiger partial charge in [-0.1, -0.05) is 56.3 Å². The molecular formula is C20H24N2O. The van der Waals surface area contributed by atoms with Gasteiger partial charge in [-0.3, -0.25) is 0 Å². The summed E-state index contributed by atoms with van der Waals surface area (Å²) in [6.45, 7) is 6.12. The first-order valence-electron chi connectivity index (χ1n) is 8.33. The largest absolute Gasteiger partial charge is 0.324 e. The molecule has 1 saturated heterocycles. The maximum absolute atomic E-state index is 12.4. The zero-order valence-electron chi connectivity index (χ0n) is 13.8. The standard InChI is InChI=1S/C20H24N2O/c1-15-12-16(2)14-22(13-15)20(23)21-19-10-8-18(9-11-19)17-6-4-3-5-7-17/h3-11,15-16H,12-14H2,1-2H3,(H,21,23). The first-order chi connectivity index (χ1) is 11.1. The van der Waals surface area contributed by atoms with E-state index in [0.29, 0.717) is 11.8 Å². The van der Waals surface area contributed by atoms with E-state index >= 15 is 0 Å². The van der Waals surface area contributed by atoms with Crippen LogP contribution >= 0.6 is 0 Å². The molecule has 2 atom stereocenters. The zero-order valence-corrected chi connectivity index (χ0v) is 13.8. The van der Waals surface area contributed by atoms with Crippen molar-refractivity contribution in [2.24, 2.45) is 11.8 Å². The second-order valence-corrected chi connectivity index (χ2v) is 6.72. The Morgan fingerprint density at radius 3 is 2.09 bits per heavy atom. The molecule has 1 N–H and O–H groups in total. The summed E-state index contributed by atoms with van der Waals surface area (Å²) in [5.74, 6) is 1.15. The molecule has 3 rings (SSSR count). The molecule has 2 unspecified atom stereocenters. The molecule has 0 radical (unpaired) electrons. The molecule has 1 aliphatic heterocycles. The quantitative estimate of drug-likeness (QED) is 0.844. The minimum absolute atomic E-state index is 0.0101. The lowest BCUT2D eigenvalue weighted by molar-refractivity contribution is 0.156. The number of piperidine rings is 1. The number of anilines is 1. The van der Waals surface area contributed by atoms with Crippen LogP contribution in [0.1, 0.15) is 20.3 Å². The summed E-state index contributed by atoms with van der Waals surface area (Å²) in [7, 11) is 0. The third-order valence-electron chi connectivity index (χ3n) is 4.40. The Morgan fingerprint density at radius 2 is 1.48 bits per heavy atom. The summed E-state index contributed by atoms with van der Waals surface area (Å²) in [6.07, 6.45) is 1.20. The molecule has 0 aliphatic carbocycles. The molecule has 23 heavy (non-hydrogen) atoms. The summed E-state index contributed by atoms with van der Waals surface area (Å²) in [5.41, 5.74) is 3.19. The van der Waals surface area contributed by atoms with Crippen molar-refractivity contribution in [1.82, 2.24) is 4.90 Å². The minimum Gasteiger partial charge on any atom is -0.324 e. The molecule has 120 valence electrons. The molecule has 1 aliphatic rings. The van der Waals surface area contributed by atoms with Crippen LogP contribution in [0.4, 0.5) is 10.5 Å². The number of carbonyl (C=O) groups excluding carboxylic acids is 1. The lowest BCUT2D eigenvalue weighted by atomic mass is 9.92. The van der Waals surface area contributed by atoms with Crippen molar-refractivity contribution in [2.45, 2.75) is 20.3 Å². The number of hydrogen-bond acceptors (Lipinski definition) is 1. The van der Waals surface area contributed by atoms with Gasteiger partial charge < -0.3 is 10.2 Å². The Morgan fingerprint density at radius 1 is 0.913 bits per heavy atom. The van der Waals surface area contributed by atoms with E-state index in [2.05, 4.69) is 31.3 Å². The maximum Gasteiger partial charge on any atom is 0.321 e. The number of urea groups is 1. The number of likely N-dealkylation sites (tertiary alicyclic amines) is 1. The summed E-state index contributed by atoms with van der Waals surface area (Å²) in [5, 5.41) is 3.02. The Labute approximate surface area is 138 Å². The summed E-state index contributed by atoms with van der Waals surface area (Å²) < 4.78 is 0. The lowest BCUT2D eigenvalue weighted by Gasteiger charge is -2.34. The molecule has 2 amide bonds. The summed E-state index contributed by atoms with van der Waals surface area (Å²) in [6, 6.07) is 18.3. The summed E-state index contributed by atoms with van der Waals surface area (Å²) >= 11 is 0. The van der Waals surface area contributed by atoms with E-state index in [9.17, 15) is 4.79 Å². The highest BCUT2D eigenvalue weighted by molar-refractivity contribution is 5.89. The van der Waals surface area contributed by atoms with E-state index in [1.807, 2.05) is 47.4 Å². The van der Waals surface area contributed by atoms with Crippen molar-refractivity contribution in [3.8, 4) is 11.1 Å². The fourth-order valence-corrected chi connectivity index (χ4v) is 3.41. The van der Waals surface area contributed by atoms with Crippen LogP contribution in [-0.2, 0) is 0 Å². The zero-order chi connectivity index (χ0) is 16.2. The van der Waals surface area contributed by atoms with Gasteiger partial charge in [0.25, 0.3) is 0 Å². The van der Waals surface area contributed by atoms with E-state index in [0.717, 1.165) is 24.3 Å². The van der Waals surface area contributed by atoms with E-state index < -0.39 is 0 Å². The highest BCUT2D eigenvalue weighted by Gasteiger charge is 2.25. The SMILES string of the molecule is CC1CC(C)CN(C(=O)Nc2ccc(-c3ccccc3)cc2)C1. The first kappa shape index (κ1) is 15.6. The normalized spacial score (nSPS) is 21.0. The van der Waals surface area contributed by atoms with Gasteiger partial charge in [0.2, 0.25) is 0 Å². The van der Waals surface area contributed by atoms with E-state index in [4.69, 9.17) is 0 Å². The van der Waals surface area contributed by atoms with Crippen molar-refractivity contribution >= 4 is 11.7 Å². The van der Waals surface area contributed by atoms with Crippen molar-refractivity contribution in [3.05, 3.63) is 54.6 Å². The number of nitrogens with one attached hydrogen (secondary N) is 1. The molecule has 0 aromatic heterocycles. The number of carbonyl (C=O) groups is 1. The smallest absolute Gasteiger partial charge is 0.321 e. The molecule has 0 spiro atoms. The molecule has 0 saturated carbocycles. The molecule has 1 heterocycles. The van der Waals surface area contributed by atoms with Crippen molar-refractivity contribution in [3.63, 3.8) is 0 Å². The molecular weight excluding hydrogens is 284 g/mol. The highest BCUT2D eigenvalue weighted by Crippen LogP contribution is 2.23. The molecule has 0 bridgehead atoms. The Kier molecular flexibility index (Phi) is 4.65. The van der Waals surface area contributed by atoms with Crippen LogP contribution in [0.5, 0.6) is 0 Å². The molecule has 3 nitrogen and oxygen atoms in total. The van der Waals surface area contributed by atoms with Crippen LogP contribution < -0.4 is 5.32 Å². The Hall–Kier alpha value is -2.29. The van der Waals surface area contributed by atoms with Gasteiger partial charge in [0.15, 0.2) is 0 Å². The van der Waals surface area contributed by atoms with Crippen LogP contribution in [0.2, 0.25) is 0 Å². The molecule has 3 heteroatoms. The van der Waals surface area contributed by atoms with Gasteiger partial charge in [-0.25, -0.2) is 4.79 Å². The first-order valence-corrected chi connectivity index (χ1v) is 8.33. The number of nitrogens with zero attached hydrogens (tertiary/aromatic N) is 1. The fourth-order valence-electron chi connectivity index (χ4n) is 3.41. The van der Waals surface area contributed by atoms with Gasteiger partial charge in [-0.05, 0) is 41.5 Å². The number of rotatable bonds is 2. The molecule has 2 aromatic rings. The van der Waals surface area contributed by atoms with Gasteiger partial charge in [-0.15, -0.1) is 0 Å². The third kappa shape index (κ3) is 3.92. The average Bonchev–Trinajstić information content (AvgIpc) is 2.55. The number of amides is 2. The van der Waals surface area contributed by atoms with Crippen molar-refractivity contribution in [2.75, 3.05) is 18.4 Å². The predicted octanol–water partition coefficient (Wildman–Crippen LogP) is 4.86. The monoisotopic (exact) mass is 308 g/mol. The summed E-state index contributed by atoms with van der Waals surface area (Å²) in [4.78, 5) is 14.4. The lowest BCUT2D eigenvalue weighted by Crippen LogP contribution is -2.44. The van der Waals surface area contributed by atoms with Crippen molar-refractivity contribution < 1.29 is 4.79 Å². The second kappa shape index (κ2) is 6.86. The number of hydrogen-bond donors (Lipinski definition) is 1. The Bertz CT molecular complexity index is 641. The van der Waals surface area contributed by atoms with Gasteiger partial charge >= 0.3 is 6.03 Å². The van der Waals surface area contributed by atoms with Crippen LogP contribution in [0.3, 0.4) is 0 Å². The average molecular weight is 308 g/mol. The maximum atomic E-state index is 12.4.